The monoisotopic (exact) mass is 751 g/mol. The van der Waals surface area contributed by atoms with Crippen LogP contribution in [0.1, 0.15) is 74.0 Å². The zero-order chi connectivity index (χ0) is 38.9. The largest absolute Gasteiger partial charge is 0.478 e. The van der Waals surface area contributed by atoms with Crippen LogP contribution in [0, 0.1) is 23.7 Å². The molecule has 6 rings (SSSR count). The number of aldehydes is 2. The minimum Gasteiger partial charge on any atom is -0.478 e. The van der Waals surface area contributed by atoms with Gasteiger partial charge in [-0.05, 0) is 121 Å². The number of aliphatic carboxylic acids is 1. The van der Waals surface area contributed by atoms with Crippen LogP contribution in [0.5, 0.6) is 0 Å². The van der Waals surface area contributed by atoms with Gasteiger partial charge < -0.3 is 52.0 Å². The highest BCUT2D eigenvalue weighted by atomic mass is 16.4. The number of allylic oxidation sites excluding steroid dienone is 2. The minimum absolute atomic E-state index is 0.0676. The second-order valence-corrected chi connectivity index (χ2v) is 15.6. The van der Waals surface area contributed by atoms with Gasteiger partial charge in [-0.3, -0.25) is 0 Å². The van der Waals surface area contributed by atoms with E-state index < -0.39 is 18.1 Å². The number of carboxylic acid groups (broad SMARTS) is 1. The lowest BCUT2D eigenvalue weighted by molar-refractivity contribution is -0.131. The molecule has 2 bridgehead atoms. The van der Waals surface area contributed by atoms with Crippen LogP contribution in [-0.2, 0) is 27.2 Å². The zero-order valence-electron chi connectivity index (χ0n) is 31.3. The first-order valence-electron chi connectivity index (χ1n) is 19.7. The van der Waals surface area contributed by atoms with E-state index in [0.29, 0.717) is 49.9 Å². The molecule has 3 aliphatic rings. The number of H-pyrrole nitrogens is 1. The summed E-state index contributed by atoms with van der Waals surface area (Å²) in [6.45, 7) is -0.108. The lowest BCUT2D eigenvalue weighted by Gasteiger charge is -2.48. The van der Waals surface area contributed by atoms with Gasteiger partial charge in [0.15, 0.2) is 5.96 Å². The third-order valence-corrected chi connectivity index (χ3v) is 11.9. The number of hydrogen-bond acceptors (Lipinski definition) is 9. The summed E-state index contributed by atoms with van der Waals surface area (Å²) in [4.78, 5) is 43.4. The van der Waals surface area contributed by atoms with Crippen molar-refractivity contribution in [1.82, 2.24) is 10.3 Å². The number of carbonyl (C=O) groups is 3. The maximum Gasteiger partial charge on any atom is 0.328 e. The Bertz CT molecular complexity index is 1870. The number of aromatic nitrogens is 1. The Hall–Kier alpha value is -4.78. The Labute approximate surface area is 322 Å². The molecule has 9 unspecified atom stereocenters. The van der Waals surface area contributed by atoms with Crippen LogP contribution in [-0.4, -0.2) is 82.2 Å². The third kappa shape index (κ3) is 9.91. The van der Waals surface area contributed by atoms with E-state index in [1.54, 1.807) is 6.20 Å². The number of fused-ring (bicyclic) bond motifs is 5. The Balaban J connectivity index is 1.36. The molecule has 1 aliphatic heterocycles. The molecule has 0 amide bonds. The van der Waals surface area contributed by atoms with Crippen molar-refractivity contribution in [2.75, 3.05) is 13.2 Å². The Morgan fingerprint density at radius 3 is 2.64 bits per heavy atom. The average molecular weight is 752 g/mol. The molecule has 9 atom stereocenters. The molecule has 9 N–H and O–H groups in total. The van der Waals surface area contributed by atoms with E-state index in [2.05, 4.69) is 51.7 Å². The lowest BCUT2D eigenvalue weighted by Crippen LogP contribution is -2.49. The molecule has 12 heteroatoms. The highest BCUT2D eigenvalue weighted by Crippen LogP contribution is 2.53. The number of aliphatic hydroxyl groups excluding tert-OH is 2. The molecule has 2 aliphatic carbocycles. The molecule has 1 aromatic heterocycles. The van der Waals surface area contributed by atoms with Crippen molar-refractivity contribution in [3.63, 3.8) is 0 Å². The van der Waals surface area contributed by atoms with Gasteiger partial charge in [-0.25, -0.2) is 9.79 Å². The summed E-state index contributed by atoms with van der Waals surface area (Å²) in [5.41, 5.74) is 16.9. The van der Waals surface area contributed by atoms with E-state index in [0.717, 1.165) is 54.6 Å². The number of benzene rings is 2. The third-order valence-electron chi connectivity index (χ3n) is 11.9. The summed E-state index contributed by atoms with van der Waals surface area (Å²) in [6, 6.07) is 12.9. The van der Waals surface area contributed by atoms with Gasteiger partial charge in [-0.2, -0.15) is 0 Å². The van der Waals surface area contributed by atoms with Crippen LogP contribution >= 0.6 is 0 Å². The van der Waals surface area contributed by atoms with Crippen molar-refractivity contribution in [2.45, 2.75) is 94.3 Å². The number of aliphatic imine (C=N–C) groups is 1. The van der Waals surface area contributed by atoms with E-state index in [9.17, 15) is 29.7 Å². The number of carbonyl (C=O) groups excluding carboxylic acids is 2. The van der Waals surface area contributed by atoms with Crippen LogP contribution < -0.4 is 16.8 Å². The quantitative estimate of drug-likeness (QED) is 0.0471. The van der Waals surface area contributed by atoms with E-state index in [4.69, 9.17) is 16.8 Å². The fraction of sp³-hybridized carbons (Fsp3) is 0.488. The Kier molecular flexibility index (Phi) is 13.6. The molecule has 0 spiro atoms. The molecule has 55 heavy (non-hydrogen) atoms. The SMILES string of the molecule is NC1=NC(C(=CC(=O)O)C(CC2C3C=CC(CCC(N)CCC(C=O)CCCO)C2c2cc4cc(CC=O)ccc4cc2C3)[N-]c2ccc[nH]2)CC(CO)N1. The van der Waals surface area contributed by atoms with Crippen molar-refractivity contribution in [1.29, 1.82) is 0 Å². The highest BCUT2D eigenvalue weighted by Gasteiger charge is 2.43. The molecule has 3 aromatic rings. The number of aliphatic hydroxyl groups is 2. The van der Waals surface area contributed by atoms with Crippen LogP contribution in [0.3, 0.4) is 0 Å². The summed E-state index contributed by atoms with van der Waals surface area (Å²) >= 11 is 0. The van der Waals surface area contributed by atoms with Crippen molar-refractivity contribution in [3.8, 4) is 0 Å². The summed E-state index contributed by atoms with van der Waals surface area (Å²) in [7, 11) is 0. The van der Waals surface area contributed by atoms with Crippen LogP contribution in [0.25, 0.3) is 16.1 Å². The van der Waals surface area contributed by atoms with E-state index >= 15 is 0 Å². The zero-order valence-corrected chi connectivity index (χ0v) is 31.3. The van der Waals surface area contributed by atoms with Gasteiger partial charge in [0, 0.05) is 31.1 Å². The normalized spacial score (nSPS) is 24.9. The van der Waals surface area contributed by atoms with E-state index in [1.165, 1.54) is 17.2 Å². The van der Waals surface area contributed by atoms with Gasteiger partial charge in [0.1, 0.15) is 12.6 Å². The molecule has 2 aromatic carbocycles. The molecule has 2 heterocycles. The summed E-state index contributed by atoms with van der Waals surface area (Å²) in [5.74, 6) is 0.0630. The first kappa shape index (κ1) is 39.9. The van der Waals surface area contributed by atoms with Crippen LogP contribution in [0.2, 0.25) is 0 Å². The Morgan fingerprint density at radius 1 is 1.05 bits per heavy atom. The van der Waals surface area contributed by atoms with E-state index in [1.807, 2.05) is 18.2 Å². The predicted molar refractivity (Wildman–Crippen MR) is 214 cm³/mol. The average Bonchev–Trinajstić information content (AvgIpc) is 3.69. The summed E-state index contributed by atoms with van der Waals surface area (Å²) in [5, 5.41) is 39.8. The minimum atomic E-state index is -1.10. The number of guanidine groups is 1. The van der Waals surface area contributed by atoms with E-state index in [-0.39, 0.29) is 60.8 Å². The van der Waals surface area contributed by atoms with Crippen molar-refractivity contribution < 1.29 is 29.7 Å². The molecule has 0 radical (unpaired) electrons. The van der Waals surface area contributed by atoms with Crippen LogP contribution in [0.15, 0.2) is 77.5 Å². The maximum absolute atomic E-state index is 12.5. The van der Waals surface area contributed by atoms with Crippen LogP contribution in [0.4, 0.5) is 5.82 Å². The molecule has 12 nitrogen and oxygen atoms in total. The van der Waals surface area contributed by atoms with Crippen molar-refractivity contribution >= 4 is 41.1 Å². The molecule has 0 saturated heterocycles. The topological polar surface area (TPSA) is 218 Å². The lowest BCUT2D eigenvalue weighted by atomic mass is 9.58. The number of nitrogens with two attached hydrogens (primary N) is 2. The van der Waals surface area contributed by atoms with Gasteiger partial charge in [0.25, 0.3) is 0 Å². The van der Waals surface area contributed by atoms with Gasteiger partial charge in [-0.1, -0.05) is 66.6 Å². The van der Waals surface area contributed by atoms with Gasteiger partial charge in [0.2, 0.25) is 0 Å². The number of hydrogen-bond donors (Lipinski definition) is 7. The fourth-order valence-electron chi connectivity index (χ4n) is 9.17. The first-order chi connectivity index (χ1) is 26.7. The van der Waals surface area contributed by atoms with Gasteiger partial charge in [0.05, 0.1) is 18.7 Å². The predicted octanol–water partition coefficient (Wildman–Crippen LogP) is 4.96. The number of nitrogens with one attached hydrogen (secondary N) is 2. The number of aromatic amines is 1. The molecule has 0 fully saturated rings. The molecular formula is C43H55N6O6-. The number of rotatable bonds is 20. The molecule has 0 saturated carbocycles. The van der Waals surface area contributed by atoms with Crippen molar-refractivity contribution in [2.24, 2.45) is 40.1 Å². The van der Waals surface area contributed by atoms with Gasteiger partial charge >= 0.3 is 5.97 Å². The van der Waals surface area contributed by atoms with Gasteiger partial charge in [-0.15, -0.1) is 0 Å². The highest BCUT2D eigenvalue weighted by molar-refractivity contribution is 5.86. The standard InChI is InChI=1S/C43H55N6O6/c44-33(11-6-27(24-52)3-2-15-50)12-10-28-8-9-30-19-32-18-29-7-5-26(13-16-51)17-31(29)20-35(32)42(28)36(30)22-39(48-40-4-1-14-46-40)37(23-41(54)55)38-21-34(25-53)47-43(45)49-38/h1,4-5,7-9,14,16-18,20,23-24,27-28,30,33-34,36,38-39,42,46,50,53H,2-3,6,10-13,15,19,21-22,25,44H2,(H,54,55)(H3,45,47,49)/q-1. The summed E-state index contributed by atoms with van der Waals surface area (Å²) in [6.07, 6.45) is 16.0. The molecular weight excluding hydrogens is 697 g/mol. The second kappa shape index (κ2) is 18.7. The fourth-order valence-corrected chi connectivity index (χ4v) is 9.17. The first-order valence-corrected chi connectivity index (χ1v) is 19.7. The smallest absolute Gasteiger partial charge is 0.328 e. The number of nitrogens with zero attached hydrogens (tertiary/aromatic N) is 2. The Morgan fingerprint density at radius 2 is 1.91 bits per heavy atom. The second-order valence-electron chi connectivity index (χ2n) is 15.6. The van der Waals surface area contributed by atoms with Crippen molar-refractivity contribution in [3.05, 3.63) is 94.5 Å². The maximum atomic E-state index is 12.5. The summed E-state index contributed by atoms with van der Waals surface area (Å²) < 4.78 is 0. The molecule has 294 valence electrons. The number of carboxylic acids is 1.